The van der Waals surface area contributed by atoms with Gasteiger partial charge in [-0.3, -0.25) is 4.79 Å². The van der Waals surface area contributed by atoms with Crippen LogP contribution in [0.1, 0.15) is 46.5 Å². The molecule has 2 heterocycles. The molecule has 196 valence electrons. The fraction of sp³-hybridized carbons (Fsp3) is 0.448. The van der Waals surface area contributed by atoms with Crippen LogP contribution in [0.2, 0.25) is 5.15 Å². The lowest BCUT2D eigenvalue weighted by Gasteiger charge is -2.28. The van der Waals surface area contributed by atoms with Crippen LogP contribution in [0.5, 0.6) is 0 Å². The predicted octanol–water partition coefficient (Wildman–Crippen LogP) is 5.79. The molecule has 1 aromatic carbocycles. The van der Waals surface area contributed by atoms with Crippen LogP contribution in [0.4, 0.5) is 0 Å². The summed E-state index contributed by atoms with van der Waals surface area (Å²) in [5, 5.41) is 5.19. The predicted molar refractivity (Wildman–Crippen MR) is 144 cm³/mol. The van der Waals surface area contributed by atoms with Gasteiger partial charge in [-0.15, -0.1) is 0 Å². The van der Waals surface area contributed by atoms with Gasteiger partial charge in [0.15, 0.2) is 0 Å². The van der Waals surface area contributed by atoms with Crippen molar-refractivity contribution in [3.63, 3.8) is 0 Å². The fourth-order valence-corrected chi connectivity index (χ4v) is 4.90. The van der Waals surface area contributed by atoms with Crippen molar-refractivity contribution in [1.29, 1.82) is 0 Å². The standard InChI is InChI=1S/C29H34ClN3O4/c1-29(2,3)37-27(35)19-36-18-21-11-9-20(10-12-21)17-33-26(34)16-24(23-13-14-31-25(30)15-23)28(32-33)22-7-5-4-6-8-22/h4-8,13-16,20-21H,9-12,17-19H2,1-3H3. The van der Waals surface area contributed by atoms with Crippen molar-refractivity contribution in [2.45, 2.75) is 58.6 Å². The van der Waals surface area contributed by atoms with E-state index in [1.807, 2.05) is 57.2 Å². The van der Waals surface area contributed by atoms with Gasteiger partial charge in [0, 0.05) is 29.9 Å². The van der Waals surface area contributed by atoms with Gasteiger partial charge in [-0.05, 0) is 76.0 Å². The molecule has 8 heteroatoms. The van der Waals surface area contributed by atoms with Gasteiger partial charge in [0.25, 0.3) is 5.56 Å². The van der Waals surface area contributed by atoms with E-state index in [2.05, 4.69) is 4.98 Å². The van der Waals surface area contributed by atoms with Crippen LogP contribution in [0.15, 0.2) is 59.5 Å². The monoisotopic (exact) mass is 523 g/mol. The normalized spacial score (nSPS) is 17.9. The maximum Gasteiger partial charge on any atom is 0.332 e. The van der Waals surface area contributed by atoms with E-state index in [0.717, 1.165) is 48.1 Å². The number of hydrogen-bond donors (Lipinski definition) is 0. The van der Waals surface area contributed by atoms with Crippen LogP contribution < -0.4 is 5.56 Å². The molecule has 0 saturated heterocycles. The summed E-state index contributed by atoms with van der Waals surface area (Å²) in [6, 6.07) is 15.1. The highest BCUT2D eigenvalue weighted by atomic mass is 35.5. The smallest absolute Gasteiger partial charge is 0.332 e. The number of carbonyl (C=O) groups excluding carboxylic acids is 1. The second kappa shape index (κ2) is 12.0. The number of benzene rings is 1. The van der Waals surface area contributed by atoms with Crippen LogP contribution >= 0.6 is 11.6 Å². The molecule has 3 aromatic rings. The topological polar surface area (TPSA) is 83.3 Å². The molecule has 1 aliphatic rings. The zero-order valence-corrected chi connectivity index (χ0v) is 22.4. The molecule has 0 aliphatic heterocycles. The Balaban J connectivity index is 1.41. The van der Waals surface area contributed by atoms with Gasteiger partial charge in [-0.2, -0.15) is 5.10 Å². The first kappa shape index (κ1) is 27.0. The van der Waals surface area contributed by atoms with Crippen molar-refractivity contribution in [3.8, 4) is 22.4 Å². The zero-order valence-electron chi connectivity index (χ0n) is 21.7. The van der Waals surface area contributed by atoms with E-state index in [-0.39, 0.29) is 18.1 Å². The summed E-state index contributed by atoms with van der Waals surface area (Å²) >= 11 is 6.13. The third-order valence-electron chi connectivity index (χ3n) is 6.47. The largest absolute Gasteiger partial charge is 0.458 e. The number of aromatic nitrogens is 3. The number of esters is 1. The summed E-state index contributed by atoms with van der Waals surface area (Å²) in [5.41, 5.74) is 2.58. The van der Waals surface area contributed by atoms with Crippen molar-refractivity contribution in [3.05, 3.63) is 70.2 Å². The van der Waals surface area contributed by atoms with Gasteiger partial charge in [-0.25, -0.2) is 14.5 Å². The molecule has 0 radical (unpaired) electrons. The first-order valence-electron chi connectivity index (χ1n) is 12.8. The van der Waals surface area contributed by atoms with Gasteiger partial charge in [-0.1, -0.05) is 41.9 Å². The van der Waals surface area contributed by atoms with Gasteiger partial charge >= 0.3 is 5.97 Å². The summed E-state index contributed by atoms with van der Waals surface area (Å²) in [4.78, 5) is 29.0. The SMILES string of the molecule is CC(C)(C)OC(=O)COCC1CCC(Cn2nc(-c3ccccc3)c(-c3ccnc(Cl)c3)cc2=O)CC1. The average Bonchev–Trinajstić information content (AvgIpc) is 2.85. The molecule has 1 saturated carbocycles. The molecule has 0 amide bonds. The van der Waals surface area contributed by atoms with E-state index in [0.29, 0.717) is 30.1 Å². The first-order valence-corrected chi connectivity index (χ1v) is 13.1. The molecule has 0 spiro atoms. The Morgan fingerprint density at radius 2 is 1.73 bits per heavy atom. The summed E-state index contributed by atoms with van der Waals surface area (Å²) in [7, 11) is 0. The fourth-order valence-electron chi connectivity index (χ4n) is 4.73. The summed E-state index contributed by atoms with van der Waals surface area (Å²) in [5.74, 6) is 0.428. The van der Waals surface area contributed by atoms with Crippen LogP contribution in [-0.2, 0) is 20.8 Å². The van der Waals surface area contributed by atoms with E-state index >= 15 is 0 Å². The zero-order chi connectivity index (χ0) is 26.4. The number of nitrogens with zero attached hydrogens (tertiary/aromatic N) is 3. The van der Waals surface area contributed by atoms with Crippen molar-refractivity contribution in [1.82, 2.24) is 14.8 Å². The highest BCUT2D eigenvalue weighted by molar-refractivity contribution is 6.29. The van der Waals surface area contributed by atoms with Crippen molar-refractivity contribution in [2.75, 3.05) is 13.2 Å². The molecule has 1 fully saturated rings. The minimum absolute atomic E-state index is 0.0200. The number of carbonyl (C=O) groups is 1. The number of pyridine rings is 1. The maximum atomic E-state index is 13.1. The number of ether oxygens (including phenoxy) is 2. The molecule has 0 bridgehead atoms. The van der Waals surface area contributed by atoms with Crippen molar-refractivity contribution in [2.24, 2.45) is 11.8 Å². The Hall–Kier alpha value is -3.03. The van der Waals surface area contributed by atoms with Crippen LogP contribution in [0.25, 0.3) is 22.4 Å². The number of hydrogen-bond acceptors (Lipinski definition) is 6. The minimum Gasteiger partial charge on any atom is -0.458 e. The second-order valence-corrected chi connectivity index (χ2v) is 11.0. The van der Waals surface area contributed by atoms with Gasteiger partial charge in [0.1, 0.15) is 17.4 Å². The van der Waals surface area contributed by atoms with E-state index in [9.17, 15) is 9.59 Å². The van der Waals surface area contributed by atoms with E-state index in [1.54, 1.807) is 23.0 Å². The Morgan fingerprint density at radius 1 is 1.03 bits per heavy atom. The maximum absolute atomic E-state index is 13.1. The molecule has 0 atom stereocenters. The van der Waals surface area contributed by atoms with Crippen LogP contribution in [-0.4, -0.2) is 39.5 Å². The Labute approximate surface area is 222 Å². The lowest BCUT2D eigenvalue weighted by Crippen LogP contribution is -2.30. The van der Waals surface area contributed by atoms with Crippen molar-refractivity contribution >= 4 is 17.6 Å². The van der Waals surface area contributed by atoms with Crippen LogP contribution in [0, 0.1) is 11.8 Å². The Morgan fingerprint density at radius 3 is 2.41 bits per heavy atom. The van der Waals surface area contributed by atoms with Gasteiger partial charge < -0.3 is 9.47 Å². The summed E-state index contributed by atoms with van der Waals surface area (Å²) < 4.78 is 12.5. The van der Waals surface area contributed by atoms with E-state index in [1.165, 1.54) is 0 Å². The van der Waals surface area contributed by atoms with Gasteiger partial charge in [0.2, 0.25) is 0 Å². The Kier molecular flexibility index (Phi) is 8.77. The molecular weight excluding hydrogens is 490 g/mol. The molecule has 1 aliphatic carbocycles. The molecule has 7 nitrogen and oxygen atoms in total. The van der Waals surface area contributed by atoms with Crippen molar-refractivity contribution < 1.29 is 14.3 Å². The molecule has 37 heavy (non-hydrogen) atoms. The van der Waals surface area contributed by atoms with Crippen LogP contribution in [0.3, 0.4) is 0 Å². The molecule has 4 rings (SSSR count). The third kappa shape index (κ3) is 7.73. The quantitative estimate of drug-likeness (QED) is 0.274. The number of rotatable bonds is 8. The molecular formula is C29H34ClN3O4. The molecule has 2 aromatic heterocycles. The molecule has 0 unspecified atom stereocenters. The first-order chi connectivity index (χ1) is 17.7. The minimum atomic E-state index is -0.505. The Bertz CT molecular complexity index is 1260. The molecule has 0 N–H and O–H groups in total. The average molecular weight is 524 g/mol. The highest BCUT2D eigenvalue weighted by Crippen LogP contribution is 2.32. The van der Waals surface area contributed by atoms with E-state index < -0.39 is 5.60 Å². The highest BCUT2D eigenvalue weighted by Gasteiger charge is 2.24. The third-order valence-corrected chi connectivity index (χ3v) is 6.68. The lowest BCUT2D eigenvalue weighted by molar-refractivity contribution is -0.160. The second-order valence-electron chi connectivity index (χ2n) is 10.6. The summed E-state index contributed by atoms with van der Waals surface area (Å²) in [6.45, 7) is 6.63. The number of halogens is 1. The van der Waals surface area contributed by atoms with E-state index in [4.69, 9.17) is 26.2 Å². The summed E-state index contributed by atoms with van der Waals surface area (Å²) in [6.07, 6.45) is 5.58. The van der Waals surface area contributed by atoms with Gasteiger partial charge in [0.05, 0.1) is 12.3 Å². The lowest BCUT2D eigenvalue weighted by atomic mass is 9.82.